The van der Waals surface area contributed by atoms with Crippen LogP contribution in [0.15, 0.2) is 22.6 Å². The second-order valence-corrected chi connectivity index (χ2v) is 6.14. The molecule has 2 aromatic heterocycles. The van der Waals surface area contributed by atoms with Crippen molar-refractivity contribution in [1.82, 2.24) is 15.1 Å². The van der Waals surface area contributed by atoms with Crippen LogP contribution in [0.25, 0.3) is 0 Å². The van der Waals surface area contributed by atoms with Gasteiger partial charge in [0.15, 0.2) is 0 Å². The molecular formula is C17H24N4O2. The molecule has 1 N–H and O–H groups in total. The number of carbonyl (C=O) groups is 1. The number of furan rings is 1. The minimum Gasteiger partial charge on any atom is -0.464 e. The van der Waals surface area contributed by atoms with Crippen LogP contribution in [0.4, 0.5) is 5.82 Å². The highest BCUT2D eigenvalue weighted by atomic mass is 16.3. The average molecular weight is 316 g/mol. The standard InChI is InChI=1S/C17H24N4O2/c1-5-13-6-7-15(23-13)12(3)18-14-8-9-21(17(14)22)16-10-11(2)19-20(16)4/h6-7,10,12,14,18H,5,8-9H2,1-4H3/t12-,14-/m1/s1. The first-order chi connectivity index (χ1) is 11.0. The molecule has 23 heavy (non-hydrogen) atoms. The van der Waals surface area contributed by atoms with E-state index in [0.29, 0.717) is 6.54 Å². The first-order valence-corrected chi connectivity index (χ1v) is 8.16. The van der Waals surface area contributed by atoms with E-state index in [0.717, 1.165) is 35.9 Å². The van der Waals surface area contributed by atoms with Crippen molar-refractivity contribution in [3.8, 4) is 0 Å². The monoisotopic (exact) mass is 316 g/mol. The summed E-state index contributed by atoms with van der Waals surface area (Å²) < 4.78 is 7.54. The number of anilines is 1. The molecule has 2 aromatic rings. The van der Waals surface area contributed by atoms with Gasteiger partial charge in [-0.2, -0.15) is 5.10 Å². The third-order valence-corrected chi connectivity index (χ3v) is 4.37. The number of carbonyl (C=O) groups excluding carboxylic acids is 1. The summed E-state index contributed by atoms with van der Waals surface area (Å²) in [6.07, 6.45) is 1.66. The number of aromatic nitrogens is 2. The fraction of sp³-hybridized carbons (Fsp3) is 0.529. The first-order valence-electron chi connectivity index (χ1n) is 8.16. The van der Waals surface area contributed by atoms with Crippen molar-refractivity contribution in [2.24, 2.45) is 7.05 Å². The minimum atomic E-state index is -0.185. The number of nitrogens with zero attached hydrogens (tertiary/aromatic N) is 3. The van der Waals surface area contributed by atoms with Crippen molar-refractivity contribution < 1.29 is 9.21 Å². The fourth-order valence-corrected chi connectivity index (χ4v) is 3.11. The van der Waals surface area contributed by atoms with Gasteiger partial charge in [0.1, 0.15) is 17.3 Å². The van der Waals surface area contributed by atoms with Gasteiger partial charge in [-0.15, -0.1) is 0 Å². The zero-order valence-electron chi connectivity index (χ0n) is 14.2. The first kappa shape index (κ1) is 15.8. The molecule has 3 rings (SSSR count). The van der Waals surface area contributed by atoms with Crippen molar-refractivity contribution in [2.75, 3.05) is 11.4 Å². The maximum atomic E-state index is 12.7. The molecule has 1 amide bonds. The van der Waals surface area contributed by atoms with E-state index in [2.05, 4.69) is 17.3 Å². The molecule has 0 aliphatic carbocycles. The molecule has 0 saturated carbocycles. The summed E-state index contributed by atoms with van der Waals surface area (Å²) in [5, 5.41) is 7.72. The van der Waals surface area contributed by atoms with E-state index in [1.54, 1.807) is 4.68 Å². The number of rotatable bonds is 5. The summed E-state index contributed by atoms with van der Waals surface area (Å²) in [6.45, 7) is 6.74. The van der Waals surface area contributed by atoms with Gasteiger partial charge in [-0.25, -0.2) is 0 Å². The second-order valence-electron chi connectivity index (χ2n) is 6.14. The van der Waals surface area contributed by atoms with Crippen LogP contribution < -0.4 is 10.2 Å². The Balaban J connectivity index is 1.68. The van der Waals surface area contributed by atoms with Crippen LogP contribution in [-0.2, 0) is 18.3 Å². The summed E-state index contributed by atoms with van der Waals surface area (Å²) in [4.78, 5) is 14.5. The predicted molar refractivity (Wildman–Crippen MR) is 88.3 cm³/mol. The highest BCUT2D eigenvalue weighted by molar-refractivity contribution is 5.98. The van der Waals surface area contributed by atoms with Crippen LogP contribution >= 0.6 is 0 Å². The quantitative estimate of drug-likeness (QED) is 0.919. The lowest BCUT2D eigenvalue weighted by Gasteiger charge is -2.19. The van der Waals surface area contributed by atoms with Crippen LogP contribution in [-0.4, -0.2) is 28.3 Å². The summed E-state index contributed by atoms with van der Waals surface area (Å²) in [6, 6.07) is 5.75. The van der Waals surface area contributed by atoms with Gasteiger partial charge in [0.05, 0.1) is 17.8 Å². The smallest absolute Gasteiger partial charge is 0.245 e. The summed E-state index contributed by atoms with van der Waals surface area (Å²) in [5.41, 5.74) is 0.919. The number of nitrogens with one attached hydrogen (secondary N) is 1. The largest absolute Gasteiger partial charge is 0.464 e. The lowest BCUT2D eigenvalue weighted by Crippen LogP contribution is -2.40. The van der Waals surface area contributed by atoms with E-state index in [4.69, 9.17) is 4.42 Å². The van der Waals surface area contributed by atoms with Crippen LogP contribution in [0.2, 0.25) is 0 Å². The van der Waals surface area contributed by atoms with E-state index in [9.17, 15) is 4.79 Å². The molecule has 0 bridgehead atoms. The number of aryl methyl sites for hydroxylation is 3. The van der Waals surface area contributed by atoms with Crippen molar-refractivity contribution in [1.29, 1.82) is 0 Å². The Bertz CT molecular complexity index is 703. The lowest BCUT2D eigenvalue weighted by molar-refractivity contribution is -0.119. The lowest BCUT2D eigenvalue weighted by atomic mass is 10.2. The Labute approximate surface area is 136 Å². The molecule has 1 aliphatic rings. The van der Waals surface area contributed by atoms with Crippen molar-refractivity contribution in [3.63, 3.8) is 0 Å². The molecule has 3 heterocycles. The van der Waals surface area contributed by atoms with Crippen LogP contribution in [0.3, 0.4) is 0 Å². The Morgan fingerprint density at radius 3 is 2.87 bits per heavy atom. The van der Waals surface area contributed by atoms with Crippen LogP contribution in [0.5, 0.6) is 0 Å². The van der Waals surface area contributed by atoms with E-state index in [1.165, 1.54) is 0 Å². The molecule has 0 spiro atoms. The van der Waals surface area contributed by atoms with E-state index < -0.39 is 0 Å². The van der Waals surface area contributed by atoms with Crippen molar-refractivity contribution >= 4 is 11.7 Å². The van der Waals surface area contributed by atoms with Gasteiger partial charge >= 0.3 is 0 Å². The van der Waals surface area contributed by atoms with Crippen molar-refractivity contribution in [2.45, 2.75) is 45.7 Å². The number of hydrogen-bond donors (Lipinski definition) is 1. The van der Waals surface area contributed by atoms with Gasteiger partial charge in [0.25, 0.3) is 0 Å². The van der Waals surface area contributed by atoms with E-state index in [1.807, 2.05) is 44.0 Å². The molecule has 124 valence electrons. The van der Waals surface area contributed by atoms with Crippen LogP contribution in [0.1, 0.15) is 43.5 Å². The maximum absolute atomic E-state index is 12.7. The molecule has 1 aliphatic heterocycles. The molecule has 0 unspecified atom stereocenters. The third kappa shape index (κ3) is 3.03. The SMILES string of the molecule is CCc1ccc([C@@H](C)N[C@@H]2CCN(c3cc(C)nn3C)C2=O)o1. The molecule has 2 atom stereocenters. The van der Waals surface area contributed by atoms with Gasteiger partial charge in [0.2, 0.25) is 5.91 Å². The van der Waals surface area contributed by atoms with E-state index >= 15 is 0 Å². The molecule has 1 saturated heterocycles. The third-order valence-electron chi connectivity index (χ3n) is 4.37. The van der Waals surface area contributed by atoms with Gasteiger partial charge in [0, 0.05) is 26.1 Å². The second kappa shape index (κ2) is 6.20. The van der Waals surface area contributed by atoms with Gasteiger partial charge < -0.3 is 4.42 Å². The molecule has 0 aromatic carbocycles. The number of amides is 1. The Hall–Kier alpha value is -2.08. The topological polar surface area (TPSA) is 63.3 Å². The normalized spacial score (nSPS) is 19.6. The van der Waals surface area contributed by atoms with Crippen molar-refractivity contribution in [3.05, 3.63) is 35.4 Å². The molecular weight excluding hydrogens is 292 g/mol. The Morgan fingerprint density at radius 1 is 1.48 bits per heavy atom. The highest BCUT2D eigenvalue weighted by Gasteiger charge is 2.35. The average Bonchev–Trinajstić information content (AvgIpc) is 3.20. The molecule has 0 radical (unpaired) electrons. The fourth-order valence-electron chi connectivity index (χ4n) is 3.11. The van der Waals surface area contributed by atoms with E-state index in [-0.39, 0.29) is 18.0 Å². The van der Waals surface area contributed by atoms with Crippen LogP contribution in [0, 0.1) is 6.92 Å². The van der Waals surface area contributed by atoms with Gasteiger partial charge in [-0.05, 0) is 32.4 Å². The zero-order valence-corrected chi connectivity index (χ0v) is 14.2. The summed E-state index contributed by atoms with van der Waals surface area (Å²) in [7, 11) is 1.87. The Morgan fingerprint density at radius 2 is 2.26 bits per heavy atom. The maximum Gasteiger partial charge on any atom is 0.245 e. The Kier molecular flexibility index (Phi) is 4.26. The van der Waals surface area contributed by atoms with Gasteiger partial charge in [-0.1, -0.05) is 6.92 Å². The zero-order chi connectivity index (χ0) is 16.6. The predicted octanol–water partition coefficient (Wildman–Crippen LogP) is 2.34. The summed E-state index contributed by atoms with van der Waals surface area (Å²) in [5.74, 6) is 2.81. The molecule has 6 nitrogen and oxygen atoms in total. The highest BCUT2D eigenvalue weighted by Crippen LogP contribution is 2.24. The number of hydrogen-bond acceptors (Lipinski definition) is 4. The summed E-state index contributed by atoms with van der Waals surface area (Å²) >= 11 is 0. The molecule has 1 fully saturated rings. The molecule has 6 heteroatoms. The minimum absolute atomic E-state index is 0.0115. The van der Waals surface area contributed by atoms with Gasteiger partial charge in [-0.3, -0.25) is 19.7 Å².